The molecule has 1 aromatic carbocycles. The Morgan fingerprint density at radius 1 is 1.40 bits per heavy atom. The third-order valence-electron chi connectivity index (χ3n) is 4.62. The van der Waals surface area contributed by atoms with Crippen LogP contribution in [0.1, 0.15) is 30.9 Å². The van der Waals surface area contributed by atoms with Crippen molar-refractivity contribution in [1.29, 1.82) is 0 Å². The number of carbonyl (C=O) groups excluding carboxylic acids is 1. The van der Waals surface area contributed by atoms with Crippen LogP contribution in [0.25, 0.3) is 0 Å². The number of halogens is 1. The Bertz CT molecular complexity index is 799. The predicted molar refractivity (Wildman–Crippen MR) is 88.2 cm³/mol. The molecule has 1 fully saturated rings. The van der Waals surface area contributed by atoms with Crippen LogP contribution >= 0.6 is 0 Å². The maximum Gasteiger partial charge on any atom is 0.345 e. The molecule has 1 aromatic heterocycles. The molecule has 0 saturated carbocycles. The number of rotatable bonds is 5. The van der Waals surface area contributed by atoms with E-state index in [1.54, 1.807) is 24.1 Å². The van der Waals surface area contributed by atoms with Crippen LogP contribution in [0.3, 0.4) is 0 Å². The van der Waals surface area contributed by atoms with Crippen LogP contribution in [0.5, 0.6) is 0 Å². The van der Waals surface area contributed by atoms with Crippen molar-refractivity contribution in [2.24, 2.45) is 7.05 Å². The zero-order valence-corrected chi connectivity index (χ0v) is 14.0. The molecule has 1 amide bonds. The van der Waals surface area contributed by atoms with Crippen molar-refractivity contribution < 1.29 is 14.3 Å². The number of nitrogens with zero attached hydrogens (tertiary/aromatic N) is 4. The van der Waals surface area contributed by atoms with Crippen molar-refractivity contribution in [3.63, 3.8) is 0 Å². The number of aryl methyl sites for hydroxylation is 1. The smallest absolute Gasteiger partial charge is 0.345 e. The molecule has 0 spiro atoms. The summed E-state index contributed by atoms with van der Waals surface area (Å²) < 4.78 is 15.4. The number of benzene rings is 1. The van der Waals surface area contributed by atoms with Crippen molar-refractivity contribution in [2.75, 3.05) is 6.54 Å². The average molecular weight is 348 g/mol. The van der Waals surface area contributed by atoms with Gasteiger partial charge in [0.05, 0.1) is 6.10 Å². The first-order valence-electron chi connectivity index (χ1n) is 8.27. The minimum absolute atomic E-state index is 0.105. The Morgan fingerprint density at radius 2 is 2.12 bits per heavy atom. The third kappa shape index (κ3) is 3.79. The van der Waals surface area contributed by atoms with Crippen LogP contribution in [0.15, 0.2) is 35.4 Å². The summed E-state index contributed by atoms with van der Waals surface area (Å²) in [4.78, 5) is 26.1. The van der Waals surface area contributed by atoms with E-state index in [0.29, 0.717) is 18.5 Å². The first-order valence-corrected chi connectivity index (χ1v) is 8.27. The van der Waals surface area contributed by atoms with E-state index in [1.807, 2.05) is 0 Å². The molecule has 0 aliphatic carbocycles. The number of aliphatic hydroxyl groups is 1. The van der Waals surface area contributed by atoms with Gasteiger partial charge in [-0.3, -0.25) is 9.36 Å². The number of hydrogen-bond acceptors (Lipinski definition) is 4. The predicted octanol–water partition coefficient (Wildman–Crippen LogP) is 0.836. The quantitative estimate of drug-likeness (QED) is 0.868. The van der Waals surface area contributed by atoms with E-state index in [0.717, 1.165) is 17.5 Å². The summed E-state index contributed by atoms with van der Waals surface area (Å²) in [6.45, 7) is 0.490. The summed E-state index contributed by atoms with van der Waals surface area (Å²) in [5.41, 5.74) is 0.289. The third-order valence-corrected chi connectivity index (χ3v) is 4.62. The van der Waals surface area contributed by atoms with E-state index in [9.17, 15) is 19.1 Å². The standard InChI is InChI=1S/C17H21FN4O3/c1-20-11-19-22(17(20)25)10-16(24)21-8-2-3-14(21)9-15(23)12-4-6-13(18)7-5-12/h4-7,11,14-15,23H,2-3,8-10H2,1H3. The van der Waals surface area contributed by atoms with E-state index >= 15 is 0 Å². The van der Waals surface area contributed by atoms with Gasteiger partial charge >= 0.3 is 5.69 Å². The van der Waals surface area contributed by atoms with Crippen LogP contribution < -0.4 is 5.69 Å². The van der Waals surface area contributed by atoms with Crippen LogP contribution in [-0.4, -0.2) is 42.8 Å². The number of aromatic nitrogens is 3. The van der Waals surface area contributed by atoms with Gasteiger partial charge in [-0.25, -0.2) is 13.9 Å². The molecule has 0 bridgehead atoms. The minimum atomic E-state index is -0.767. The molecular weight excluding hydrogens is 327 g/mol. The molecule has 1 saturated heterocycles. The largest absolute Gasteiger partial charge is 0.388 e. The highest BCUT2D eigenvalue weighted by atomic mass is 19.1. The lowest BCUT2D eigenvalue weighted by atomic mass is 10.0. The molecule has 1 N–H and O–H groups in total. The lowest BCUT2D eigenvalue weighted by molar-refractivity contribution is -0.133. The van der Waals surface area contributed by atoms with Gasteiger partial charge in [0.1, 0.15) is 18.7 Å². The molecule has 2 unspecified atom stereocenters. The van der Waals surface area contributed by atoms with Gasteiger partial charge in [-0.15, -0.1) is 0 Å². The molecule has 25 heavy (non-hydrogen) atoms. The van der Waals surface area contributed by atoms with Gasteiger partial charge in [-0.05, 0) is 37.0 Å². The van der Waals surface area contributed by atoms with Crippen molar-refractivity contribution in [2.45, 2.75) is 38.0 Å². The summed E-state index contributed by atoms with van der Waals surface area (Å²) in [5.74, 6) is -0.538. The van der Waals surface area contributed by atoms with E-state index in [-0.39, 0.29) is 30.0 Å². The maximum absolute atomic E-state index is 13.0. The second-order valence-electron chi connectivity index (χ2n) is 6.37. The molecule has 7 nitrogen and oxygen atoms in total. The molecule has 1 aliphatic rings. The highest BCUT2D eigenvalue weighted by Gasteiger charge is 2.31. The first-order chi connectivity index (χ1) is 12.0. The molecule has 2 heterocycles. The Balaban J connectivity index is 1.65. The van der Waals surface area contributed by atoms with Gasteiger partial charge in [0.25, 0.3) is 0 Å². The summed E-state index contributed by atoms with van der Waals surface area (Å²) in [5, 5.41) is 14.3. The van der Waals surface area contributed by atoms with Crippen molar-refractivity contribution >= 4 is 5.91 Å². The number of carbonyl (C=O) groups is 1. The second kappa shape index (κ2) is 7.18. The molecule has 1 aliphatic heterocycles. The zero-order valence-electron chi connectivity index (χ0n) is 14.0. The van der Waals surface area contributed by atoms with Crippen LogP contribution in [0, 0.1) is 5.82 Å². The zero-order chi connectivity index (χ0) is 18.0. The second-order valence-corrected chi connectivity index (χ2v) is 6.37. The minimum Gasteiger partial charge on any atom is -0.388 e. The summed E-state index contributed by atoms with van der Waals surface area (Å²) in [6.07, 6.45) is 2.63. The molecule has 3 rings (SSSR count). The summed E-state index contributed by atoms with van der Waals surface area (Å²) in [7, 11) is 1.58. The SMILES string of the molecule is Cn1cnn(CC(=O)N2CCCC2CC(O)c2ccc(F)cc2)c1=O. The van der Waals surface area contributed by atoms with Gasteiger partial charge in [0.2, 0.25) is 5.91 Å². The van der Waals surface area contributed by atoms with Crippen molar-refractivity contribution in [3.05, 3.63) is 52.5 Å². The highest BCUT2D eigenvalue weighted by molar-refractivity contribution is 5.76. The van der Waals surface area contributed by atoms with Gasteiger partial charge in [-0.1, -0.05) is 12.1 Å². The molecule has 134 valence electrons. The van der Waals surface area contributed by atoms with Crippen molar-refractivity contribution in [3.8, 4) is 0 Å². The number of amides is 1. The fourth-order valence-electron chi connectivity index (χ4n) is 3.24. The van der Waals surface area contributed by atoms with E-state index in [4.69, 9.17) is 0 Å². The van der Waals surface area contributed by atoms with Crippen LogP contribution in [-0.2, 0) is 18.4 Å². The summed E-state index contributed by atoms with van der Waals surface area (Å²) in [6, 6.07) is 5.61. The van der Waals surface area contributed by atoms with E-state index < -0.39 is 6.10 Å². The maximum atomic E-state index is 13.0. The first kappa shape index (κ1) is 17.3. The van der Waals surface area contributed by atoms with E-state index in [2.05, 4.69) is 5.10 Å². The molecule has 2 atom stereocenters. The molecule has 2 aromatic rings. The van der Waals surface area contributed by atoms with Gasteiger partial charge in [-0.2, -0.15) is 5.10 Å². The molecular formula is C17H21FN4O3. The molecule has 0 radical (unpaired) electrons. The summed E-state index contributed by atoms with van der Waals surface area (Å²) >= 11 is 0. The Kier molecular flexibility index (Phi) is 4.98. The van der Waals surface area contributed by atoms with Crippen molar-refractivity contribution in [1.82, 2.24) is 19.2 Å². The Hall–Kier alpha value is -2.48. The van der Waals surface area contributed by atoms with Gasteiger partial charge in [0.15, 0.2) is 0 Å². The lowest BCUT2D eigenvalue weighted by Crippen LogP contribution is -2.40. The van der Waals surface area contributed by atoms with Crippen LogP contribution in [0.4, 0.5) is 4.39 Å². The highest BCUT2D eigenvalue weighted by Crippen LogP contribution is 2.27. The fraction of sp³-hybridized carbons (Fsp3) is 0.471. The van der Waals surface area contributed by atoms with Gasteiger partial charge in [0, 0.05) is 19.6 Å². The Labute approximate surface area is 144 Å². The number of hydrogen-bond donors (Lipinski definition) is 1. The average Bonchev–Trinajstić information content (AvgIpc) is 3.17. The lowest BCUT2D eigenvalue weighted by Gasteiger charge is -2.26. The normalized spacial score (nSPS) is 18.5. The molecule has 8 heteroatoms. The monoisotopic (exact) mass is 348 g/mol. The fourth-order valence-corrected chi connectivity index (χ4v) is 3.24. The van der Waals surface area contributed by atoms with E-state index in [1.165, 1.54) is 23.0 Å². The van der Waals surface area contributed by atoms with Crippen LogP contribution in [0.2, 0.25) is 0 Å². The van der Waals surface area contributed by atoms with Gasteiger partial charge < -0.3 is 10.0 Å². The number of likely N-dealkylation sites (tertiary alicyclic amines) is 1. The number of aliphatic hydroxyl groups excluding tert-OH is 1. The Morgan fingerprint density at radius 3 is 2.76 bits per heavy atom. The topological polar surface area (TPSA) is 80.4 Å².